The third-order valence-corrected chi connectivity index (χ3v) is 2.62. The molecule has 64 valence electrons. The SMILES string of the molecule is C=CC1=CCCC(C=C)(C=C)C1. The molecule has 0 aromatic rings. The van der Waals surface area contributed by atoms with Crippen LogP contribution in [0.3, 0.4) is 0 Å². The molecule has 1 rings (SSSR count). The molecule has 1 aliphatic carbocycles. The zero-order chi connectivity index (χ0) is 9.03. The zero-order valence-electron chi connectivity index (χ0n) is 7.55. The molecule has 0 N–H and O–H groups in total. The van der Waals surface area contributed by atoms with E-state index in [2.05, 4.69) is 25.8 Å². The van der Waals surface area contributed by atoms with E-state index in [0.717, 1.165) is 19.3 Å². The van der Waals surface area contributed by atoms with Crippen LogP contribution in [0.2, 0.25) is 0 Å². The van der Waals surface area contributed by atoms with Crippen molar-refractivity contribution < 1.29 is 0 Å². The summed E-state index contributed by atoms with van der Waals surface area (Å²) in [6.07, 6.45) is 11.5. The van der Waals surface area contributed by atoms with Gasteiger partial charge in [0.2, 0.25) is 0 Å². The molecule has 0 bridgehead atoms. The normalized spacial score (nSPS) is 20.8. The lowest BCUT2D eigenvalue weighted by atomic mass is 9.74. The van der Waals surface area contributed by atoms with Crippen molar-refractivity contribution in [2.24, 2.45) is 5.41 Å². The fourth-order valence-electron chi connectivity index (χ4n) is 1.65. The lowest BCUT2D eigenvalue weighted by Crippen LogP contribution is -2.17. The maximum Gasteiger partial charge on any atom is 0.00989 e. The summed E-state index contributed by atoms with van der Waals surface area (Å²) in [5.74, 6) is 0. The van der Waals surface area contributed by atoms with Gasteiger partial charge in [-0.25, -0.2) is 0 Å². The molecular formula is C12H16. The third-order valence-electron chi connectivity index (χ3n) is 2.62. The van der Waals surface area contributed by atoms with Gasteiger partial charge < -0.3 is 0 Å². The predicted octanol–water partition coefficient (Wildman–Crippen LogP) is 3.64. The van der Waals surface area contributed by atoms with E-state index < -0.39 is 0 Å². The second-order valence-corrected chi connectivity index (χ2v) is 3.34. The van der Waals surface area contributed by atoms with Crippen molar-refractivity contribution in [2.45, 2.75) is 19.3 Å². The van der Waals surface area contributed by atoms with Crippen molar-refractivity contribution >= 4 is 0 Å². The molecule has 0 aromatic heterocycles. The number of hydrogen-bond donors (Lipinski definition) is 0. The minimum absolute atomic E-state index is 0.123. The first-order valence-corrected chi connectivity index (χ1v) is 4.35. The molecule has 0 radical (unpaired) electrons. The molecule has 0 nitrogen and oxygen atoms in total. The van der Waals surface area contributed by atoms with E-state index >= 15 is 0 Å². The summed E-state index contributed by atoms with van der Waals surface area (Å²) in [5, 5.41) is 0. The molecule has 0 fully saturated rings. The fourth-order valence-corrected chi connectivity index (χ4v) is 1.65. The topological polar surface area (TPSA) is 0 Å². The van der Waals surface area contributed by atoms with Gasteiger partial charge in [-0.3, -0.25) is 0 Å². The van der Waals surface area contributed by atoms with Crippen LogP contribution in [0.15, 0.2) is 49.6 Å². The second kappa shape index (κ2) is 3.57. The van der Waals surface area contributed by atoms with Crippen molar-refractivity contribution in [3.8, 4) is 0 Å². The van der Waals surface area contributed by atoms with Crippen LogP contribution < -0.4 is 0 Å². The molecular weight excluding hydrogens is 144 g/mol. The fraction of sp³-hybridized carbons (Fsp3) is 0.333. The highest BCUT2D eigenvalue weighted by atomic mass is 14.3. The molecule has 0 spiro atoms. The first kappa shape index (κ1) is 9.05. The van der Waals surface area contributed by atoms with Crippen molar-refractivity contribution in [1.82, 2.24) is 0 Å². The smallest absolute Gasteiger partial charge is 0.00989 e. The highest BCUT2D eigenvalue weighted by Crippen LogP contribution is 2.38. The highest BCUT2D eigenvalue weighted by molar-refractivity contribution is 5.26. The second-order valence-electron chi connectivity index (χ2n) is 3.34. The first-order valence-electron chi connectivity index (χ1n) is 4.35. The Kier molecular flexibility index (Phi) is 2.69. The largest absolute Gasteiger partial charge is 0.102 e. The molecule has 0 heterocycles. The standard InChI is InChI=1S/C12H16/c1-4-11-8-7-9-12(5-2,6-3)10-11/h4-6,8H,1-3,7,9-10H2. The Morgan fingerprint density at radius 1 is 1.25 bits per heavy atom. The summed E-state index contributed by atoms with van der Waals surface area (Å²) in [6.45, 7) is 11.5. The van der Waals surface area contributed by atoms with Gasteiger partial charge in [-0.15, -0.1) is 13.2 Å². The molecule has 0 aliphatic heterocycles. The predicted molar refractivity (Wildman–Crippen MR) is 55.0 cm³/mol. The van der Waals surface area contributed by atoms with Crippen LogP contribution in [0, 0.1) is 5.41 Å². The average molecular weight is 160 g/mol. The molecule has 0 unspecified atom stereocenters. The average Bonchev–Trinajstić information content (AvgIpc) is 2.18. The van der Waals surface area contributed by atoms with Crippen LogP contribution in [0.1, 0.15) is 19.3 Å². The molecule has 0 amide bonds. The van der Waals surface area contributed by atoms with Crippen LogP contribution in [0.25, 0.3) is 0 Å². The van der Waals surface area contributed by atoms with E-state index in [4.69, 9.17) is 0 Å². The summed E-state index contributed by atoms with van der Waals surface area (Å²) in [6, 6.07) is 0. The van der Waals surface area contributed by atoms with Crippen LogP contribution in [-0.4, -0.2) is 0 Å². The summed E-state index contributed by atoms with van der Waals surface area (Å²) in [5.41, 5.74) is 1.44. The molecule has 0 saturated carbocycles. The number of allylic oxidation sites excluding steroid dienone is 5. The van der Waals surface area contributed by atoms with E-state index in [0.29, 0.717) is 0 Å². The van der Waals surface area contributed by atoms with Crippen LogP contribution >= 0.6 is 0 Å². The summed E-state index contributed by atoms with van der Waals surface area (Å²) >= 11 is 0. The Bertz CT molecular complexity index is 222. The summed E-state index contributed by atoms with van der Waals surface area (Å²) in [4.78, 5) is 0. The van der Waals surface area contributed by atoms with Crippen LogP contribution in [0.5, 0.6) is 0 Å². The summed E-state index contributed by atoms with van der Waals surface area (Å²) < 4.78 is 0. The van der Waals surface area contributed by atoms with Crippen molar-refractivity contribution in [3.63, 3.8) is 0 Å². The molecule has 0 aromatic carbocycles. The van der Waals surface area contributed by atoms with Gasteiger partial charge >= 0.3 is 0 Å². The van der Waals surface area contributed by atoms with E-state index in [9.17, 15) is 0 Å². The Hall–Kier alpha value is -1.04. The Balaban J connectivity index is 2.84. The Morgan fingerprint density at radius 3 is 2.42 bits per heavy atom. The highest BCUT2D eigenvalue weighted by Gasteiger charge is 2.25. The first-order chi connectivity index (χ1) is 5.76. The lowest BCUT2D eigenvalue weighted by Gasteiger charge is -2.30. The summed E-state index contributed by atoms with van der Waals surface area (Å²) in [7, 11) is 0. The van der Waals surface area contributed by atoms with Crippen molar-refractivity contribution in [2.75, 3.05) is 0 Å². The van der Waals surface area contributed by atoms with E-state index in [1.807, 2.05) is 18.2 Å². The number of rotatable bonds is 3. The third kappa shape index (κ3) is 1.58. The molecule has 0 heteroatoms. The lowest BCUT2D eigenvalue weighted by molar-refractivity contribution is 0.436. The van der Waals surface area contributed by atoms with Gasteiger partial charge in [-0.2, -0.15) is 0 Å². The van der Waals surface area contributed by atoms with Gasteiger partial charge in [-0.1, -0.05) is 36.5 Å². The van der Waals surface area contributed by atoms with Crippen molar-refractivity contribution in [1.29, 1.82) is 0 Å². The molecule has 0 atom stereocenters. The van der Waals surface area contributed by atoms with Gasteiger partial charge in [0.1, 0.15) is 0 Å². The van der Waals surface area contributed by atoms with Crippen LogP contribution in [-0.2, 0) is 0 Å². The van der Waals surface area contributed by atoms with Gasteiger partial charge in [0.25, 0.3) is 0 Å². The minimum Gasteiger partial charge on any atom is -0.102 e. The minimum atomic E-state index is 0.123. The van der Waals surface area contributed by atoms with Gasteiger partial charge in [0.05, 0.1) is 0 Å². The van der Waals surface area contributed by atoms with E-state index in [1.165, 1.54) is 5.57 Å². The van der Waals surface area contributed by atoms with E-state index in [1.54, 1.807) is 0 Å². The van der Waals surface area contributed by atoms with Crippen molar-refractivity contribution in [3.05, 3.63) is 49.6 Å². The molecule has 12 heavy (non-hydrogen) atoms. The molecule has 1 aliphatic rings. The van der Waals surface area contributed by atoms with Gasteiger partial charge in [0.15, 0.2) is 0 Å². The quantitative estimate of drug-likeness (QED) is 0.553. The van der Waals surface area contributed by atoms with Crippen LogP contribution in [0.4, 0.5) is 0 Å². The van der Waals surface area contributed by atoms with E-state index in [-0.39, 0.29) is 5.41 Å². The number of hydrogen-bond acceptors (Lipinski definition) is 0. The monoisotopic (exact) mass is 160 g/mol. The Morgan fingerprint density at radius 2 is 1.92 bits per heavy atom. The Labute approximate surface area is 75.0 Å². The van der Waals surface area contributed by atoms with Gasteiger partial charge in [0, 0.05) is 5.41 Å². The van der Waals surface area contributed by atoms with Gasteiger partial charge in [-0.05, 0) is 19.3 Å². The zero-order valence-corrected chi connectivity index (χ0v) is 7.55. The maximum atomic E-state index is 3.86. The molecule has 0 saturated heterocycles. The maximum absolute atomic E-state index is 3.86.